The highest BCUT2D eigenvalue weighted by Gasteiger charge is 2.30. The van der Waals surface area contributed by atoms with Gasteiger partial charge in [0.05, 0.1) is 11.7 Å². The molecule has 0 radical (unpaired) electrons. The second-order valence-corrected chi connectivity index (χ2v) is 7.27. The molecule has 0 saturated heterocycles. The van der Waals surface area contributed by atoms with Gasteiger partial charge in [0, 0.05) is 6.54 Å². The number of sulfonamides is 1. The van der Waals surface area contributed by atoms with Crippen molar-refractivity contribution < 1.29 is 13.2 Å². The van der Waals surface area contributed by atoms with Gasteiger partial charge in [-0.2, -0.15) is 0 Å². The van der Waals surface area contributed by atoms with E-state index in [1.807, 2.05) is 30.3 Å². The van der Waals surface area contributed by atoms with Crippen molar-refractivity contribution >= 4 is 15.7 Å². The summed E-state index contributed by atoms with van der Waals surface area (Å²) < 4.78 is 34.2. The Morgan fingerprint density at radius 2 is 2.00 bits per heavy atom. The van der Waals surface area contributed by atoms with Crippen LogP contribution in [0.5, 0.6) is 5.75 Å². The smallest absolute Gasteiger partial charge is 0.246 e. The third-order valence-electron chi connectivity index (χ3n) is 3.77. The summed E-state index contributed by atoms with van der Waals surface area (Å²) in [6.45, 7) is 4.40. The minimum atomic E-state index is -3.68. The first-order chi connectivity index (χ1) is 11.6. The van der Waals surface area contributed by atoms with Crippen LogP contribution in [-0.2, 0) is 16.4 Å². The summed E-state index contributed by atoms with van der Waals surface area (Å²) in [7, 11) is -3.68. The number of hydrogen-bond donors (Lipinski definition) is 2. The third kappa shape index (κ3) is 3.60. The standard InChI is InChI=1S/C18H20N2O3S/c1-2-11-19-16-9-6-10-17-18(16)24(21,22)20-15(13-23-17)12-14-7-4-3-5-8-14/h2-10,15,19-20H,1,11-13H2/t15-/m1/s1. The number of hydrogen-bond acceptors (Lipinski definition) is 4. The number of ether oxygens (including phenoxy) is 1. The van der Waals surface area contributed by atoms with E-state index in [4.69, 9.17) is 4.74 Å². The maximum absolute atomic E-state index is 12.8. The summed E-state index contributed by atoms with van der Waals surface area (Å²) in [5.41, 5.74) is 1.57. The molecule has 0 unspecified atom stereocenters. The summed E-state index contributed by atoms with van der Waals surface area (Å²) in [4.78, 5) is 0.155. The van der Waals surface area contributed by atoms with E-state index >= 15 is 0 Å². The van der Waals surface area contributed by atoms with Crippen molar-refractivity contribution in [1.82, 2.24) is 4.72 Å². The third-order valence-corrected chi connectivity index (χ3v) is 5.37. The number of rotatable bonds is 5. The average molecular weight is 344 g/mol. The highest BCUT2D eigenvalue weighted by atomic mass is 32.2. The van der Waals surface area contributed by atoms with Crippen molar-refractivity contribution in [3.8, 4) is 5.75 Å². The molecule has 24 heavy (non-hydrogen) atoms. The molecule has 6 heteroatoms. The van der Waals surface area contributed by atoms with Gasteiger partial charge in [-0.25, -0.2) is 13.1 Å². The first-order valence-electron chi connectivity index (χ1n) is 7.77. The van der Waals surface area contributed by atoms with Crippen LogP contribution < -0.4 is 14.8 Å². The molecule has 0 aromatic heterocycles. The fourth-order valence-corrected chi connectivity index (χ4v) is 4.26. The SMILES string of the molecule is C=CCNc1cccc2c1S(=O)(=O)N[C@H](Cc1ccccc1)CO2. The van der Waals surface area contributed by atoms with Crippen LogP contribution in [0.3, 0.4) is 0 Å². The molecular weight excluding hydrogens is 324 g/mol. The Labute approximate surface area is 142 Å². The van der Waals surface area contributed by atoms with Crippen molar-refractivity contribution in [3.63, 3.8) is 0 Å². The second kappa shape index (κ2) is 7.07. The van der Waals surface area contributed by atoms with Gasteiger partial charge in [-0.05, 0) is 24.1 Å². The Hall–Kier alpha value is -2.31. The van der Waals surface area contributed by atoms with Crippen LogP contribution >= 0.6 is 0 Å². The molecule has 2 aromatic carbocycles. The van der Waals surface area contributed by atoms with E-state index in [1.54, 1.807) is 24.3 Å². The predicted molar refractivity (Wildman–Crippen MR) is 94.9 cm³/mol. The highest BCUT2D eigenvalue weighted by Crippen LogP contribution is 2.33. The van der Waals surface area contributed by atoms with E-state index in [0.717, 1.165) is 5.56 Å². The summed E-state index contributed by atoms with van der Waals surface area (Å²) >= 11 is 0. The van der Waals surface area contributed by atoms with Crippen molar-refractivity contribution in [2.24, 2.45) is 0 Å². The Morgan fingerprint density at radius 1 is 1.21 bits per heavy atom. The molecule has 0 bridgehead atoms. The Bertz CT molecular complexity index is 819. The zero-order valence-electron chi connectivity index (χ0n) is 13.2. The largest absolute Gasteiger partial charge is 0.490 e. The molecule has 1 heterocycles. The van der Waals surface area contributed by atoms with Crippen LogP contribution in [0, 0.1) is 0 Å². The lowest BCUT2D eigenvalue weighted by Crippen LogP contribution is -2.38. The van der Waals surface area contributed by atoms with Gasteiger partial charge in [0.2, 0.25) is 10.0 Å². The van der Waals surface area contributed by atoms with E-state index in [1.165, 1.54) is 0 Å². The van der Waals surface area contributed by atoms with E-state index < -0.39 is 10.0 Å². The summed E-state index contributed by atoms with van der Waals surface area (Å²) in [5.74, 6) is 0.368. The monoisotopic (exact) mass is 344 g/mol. The number of anilines is 1. The number of fused-ring (bicyclic) bond motifs is 1. The molecule has 0 amide bonds. The molecule has 1 atom stereocenters. The van der Waals surface area contributed by atoms with Gasteiger partial charge in [0.15, 0.2) is 0 Å². The maximum atomic E-state index is 12.8. The number of benzene rings is 2. The van der Waals surface area contributed by atoms with E-state index in [0.29, 0.717) is 24.4 Å². The normalized spacial score (nSPS) is 18.8. The molecule has 0 fully saturated rings. The van der Waals surface area contributed by atoms with Crippen LogP contribution in [-0.4, -0.2) is 27.6 Å². The van der Waals surface area contributed by atoms with Gasteiger partial charge in [-0.15, -0.1) is 6.58 Å². The lowest BCUT2D eigenvalue weighted by atomic mass is 10.1. The van der Waals surface area contributed by atoms with E-state index in [9.17, 15) is 8.42 Å². The van der Waals surface area contributed by atoms with Crippen LogP contribution in [0.2, 0.25) is 0 Å². The van der Waals surface area contributed by atoms with Gasteiger partial charge in [0.1, 0.15) is 17.3 Å². The zero-order chi connectivity index (χ0) is 17.0. The molecule has 0 aliphatic carbocycles. The van der Waals surface area contributed by atoms with Gasteiger partial charge < -0.3 is 10.1 Å². The van der Waals surface area contributed by atoms with Gasteiger partial charge in [-0.3, -0.25) is 0 Å². The van der Waals surface area contributed by atoms with Crippen molar-refractivity contribution in [2.45, 2.75) is 17.4 Å². The fraction of sp³-hybridized carbons (Fsp3) is 0.222. The summed E-state index contributed by atoms with van der Waals surface area (Å²) in [6, 6.07) is 14.6. The first-order valence-corrected chi connectivity index (χ1v) is 9.25. The zero-order valence-corrected chi connectivity index (χ0v) is 14.1. The number of nitrogens with one attached hydrogen (secondary N) is 2. The molecule has 2 aromatic rings. The molecule has 1 aliphatic rings. The lowest BCUT2D eigenvalue weighted by molar-refractivity contribution is 0.279. The predicted octanol–water partition coefficient (Wildman–Crippen LogP) is 2.57. The lowest BCUT2D eigenvalue weighted by Gasteiger charge is -2.15. The summed E-state index contributed by atoms with van der Waals surface area (Å²) in [5, 5.41) is 3.05. The van der Waals surface area contributed by atoms with Gasteiger partial charge in [0.25, 0.3) is 0 Å². The highest BCUT2D eigenvalue weighted by molar-refractivity contribution is 7.89. The minimum Gasteiger partial charge on any atom is -0.490 e. The Kier molecular flexibility index (Phi) is 4.87. The molecule has 2 N–H and O–H groups in total. The van der Waals surface area contributed by atoms with Crippen molar-refractivity contribution in [3.05, 3.63) is 66.7 Å². The topological polar surface area (TPSA) is 67.4 Å². The Balaban J connectivity index is 1.89. The molecule has 0 spiro atoms. The van der Waals surface area contributed by atoms with Gasteiger partial charge in [-0.1, -0.05) is 42.5 Å². The van der Waals surface area contributed by atoms with Crippen LogP contribution in [0.15, 0.2) is 66.1 Å². The van der Waals surface area contributed by atoms with Crippen molar-refractivity contribution in [2.75, 3.05) is 18.5 Å². The van der Waals surface area contributed by atoms with Crippen LogP contribution in [0.1, 0.15) is 5.56 Å². The molecule has 3 rings (SSSR count). The van der Waals surface area contributed by atoms with Crippen LogP contribution in [0.25, 0.3) is 0 Å². The van der Waals surface area contributed by atoms with Crippen molar-refractivity contribution in [1.29, 1.82) is 0 Å². The minimum absolute atomic E-state index is 0.155. The molecule has 1 aliphatic heterocycles. The van der Waals surface area contributed by atoms with E-state index in [2.05, 4.69) is 16.6 Å². The fourth-order valence-electron chi connectivity index (χ4n) is 2.73. The second-order valence-electron chi connectivity index (χ2n) is 5.62. The summed E-state index contributed by atoms with van der Waals surface area (Å²) in [6.07, 6.45) is 2.25. The molecule has 0 saturated carbocycles. The Morgan fingerprint density at radius 3 is 2.75 bits per heavy atom. The van der Waals surface area contributed by atoms with Crippen LogP contribution in [0.4, 0.5) is 5.69 Å². The quantitative estimate of drug-likeness (QED) is 0.818. The molecular formula is C18H20N2O3S. The van der Waals surface area contributed by atoms with Gasteiger partial charge >= 0.3 is 0 Å². The molecule has 126 valence electrons. The first kappa shape index (κ1) is 16.5. The van der Waals surface area contributed by atoms with E-state index in [-0.39, 0.29) is 17.5 Å². The molecule has 5 nitrogen and oxygen atoms in total. The average Bonchev–Trinajstić information content (AvgIpc) is 2.70. The maximum Gasteiger partial charge on any atom is 0.246 e.